The summed E-state index contributed by atoms with van der Waals surface area (Å²) in [5, 5.41) is 2.97. The molecule has 2 atom stereocenters. The van der Waals surface area contributed by atoms with Crippen LogP contribution in [0.3, 0.4) is 0 Å². The third-order valence-corrected chi connectivity index (χ3v) is 8.57. The van der Waals surface area contributed by atoms with Crippen LogP contribution in [0.4, 0.5) is 18.9 Å². The van der Waals surface area contributed by atoms with Crippen LogP contribution in [0.1, 0.15) is 65.7 Å². The van der Waals surface area contributed by atoms with E-state index in [1.54, 1.807) is 19.1 Å². The number of methoxy groups -OCH3 is 1. The first-order valence-electron chi connectivity index (χ1n) is 14.3. The molecule has 5 rings (SSSR count). The zero-order chi connectivity index (χ0) is 31.6. The highest BCUT2D eigenvalue weighted by Gasteiger charge is 2.44. The maximum atomic E-state index is 13.8. The van der Waals surface area contributed by atoms with Crippen LogP contribution in [0.25, 0.3) is 11.3 Å². The molecule has 0 spiro atoms. The number of pyridine rings is 1. The number of ether oxygens (including phenoxy) is 2. The van der Waals surface area contributed by atoms with Crippen LogP contribution < -0.4 is 26.3 Å². The minimum atomic E-state index is -2.94. The van der Waals surface area contributed by atoms with E-state index < -0.39 is 29.6 Å². The number of nitrogens with two attached hydrogens (primary N) is 2. The summed E-state index contributed by atoms with van der Waals surface area (Å²) in [7, 11) is 1.36. The molecular formula is C32H34F3N5O4. The van der Waals surface area contributed by atoms with Crippen molar-refractivity contribution in [1.82, 2.24) is 10.3 Å². The Bertz CT molecular complexity index is 1590. The van der Waals surface area contributed by atoms with Gasteiger partial charge in [0.15, 0.2) is 0 Å². The summed E-state index contributed by atoms with van der Waals surface area (Å²) in [6.45, 7) is -0.987. The van der Waals surface area contributed by atoms with Gasteiger partial charge in [0.1, 0.15) is 35.0 Å². The van der Waals surface area contributed by atoms with E-state index in [0.717, 1.165) is 31.9 Å². The second-order valence-electron chi connectivity index (χ2n) is 11.4. The molecule has 5 N–H and O–H groups in total. The van der Waals surface area contributed by atoms with Gasteiger partial charge in [-0.2, -0.15) is 8.78 Å². The van der Waals surface area contributed by atoms with Crippen molar-refractivity contribution in [3.8, 4) is 22.8 Å². The fourth-order valence-corrected chi connectivity index (χ4v) is 5.97. The number of hydrogen-bond acceptors (Lipinski definition) is 7. The van der Waals surface area contributed by atoms with Crippen LogP contribution in [0.15, 0.2) is 47.5 Å². The van der Waals surface area contributed by atoms with E-state index >= 15 is 0 Å². The molecule has 1 fully saturated rings. The number of halogens is 3. The molecule has 0 saturated heterocycles. The van der Waals surface area contributed by atoms with Gasteiger partial charge in [-0.15, -0.1) is 0 Å². The SMILES string of the molecule is COc1cc(C(=O)NC[C@H](c2cc3c(c(-c4ccc(F)cc4)n2)OC[C@]3(C)C(N)=O)C2CCCC2)cc(/C=N/C(F)F)c1N. The number of nitrogen functional groups attached to an aromatic ring is 1. The molecule has 1 aliphatic carbocycles. The molecular weight excluding hydrogens is 575 g/mol. The van der Waals surface area contributed by atoms with Gasteiger partial charge in [0, 0.05) is 46.6 Å². The van der Waals surface area contributed by atoms with Gasteiger partial charge in [-0.3, -0.25) is 9.59 Å². The molecule has 0 radical (unpaired) electrons. The monoisotopic (exact) mass is 609 g/mol. The Balaban J connectivity index is 1.53. The number of carbonyl (C=O) groups is 2. The molecule has 2 aliphatic rings. The minimum Gasteiger partial charge on any atom is -0.495 e. The molecule has 2 amide bonds. The zero-order valence-corrected chi connectivity index (χ0v) is 24.4. The number of nitrogens with one attached hydrogen (secondary N) is 1. The maximum absolute atomic E-state index is 13.8. The van der Waals surface area contributed by atoms with Crippen LogP contribution in [0.5, 0.6) is 11.5 Å². The third kappa shape index (κ3) is 6.06. The van der Waals surface area contributed by atoms with Crippen molar-refractivity contribution in [3.05, 3.63) is 70.7 Å². The van der Waals surface area contributed by atoms with E-state index in [0.29, 0.717) is 28.3 Å². The fraction of sp³-hybridized carbons (Fsp3) is 0.375. The quantitative estimate of drug-likeness (QED) is 0.169. The highest BCUT2D eigenvalue weighted by Crippen LogP contribution is 2.47. The Morgan fingerprint density at radius 2 is 1.91 bits per heavy atom. The average Bonchev–Trinajstić information content (AvgIpc) is 3.66. The van der Waals surface area contributed by atoms with E-state index in [1.807, 2.05) is 6.07 Å². The van der Waals surface area contributed by atoms with Crippen molar-refractivity contribution < 1.29 is 32.2 Å². The van der Waals surface area contributed by atoms with Crippen molar-refractivity contribution >= 4 is 23.7 Å². The van der Waals surface area contributed by atoms with Crippen molar-refractivity contribution in [2.24, 2.45) is 16.6 Å². The van der Waals surface area contributed by atoms with Crippen LogP contribution >= 0.6 is 0 Å². The average molecular weight is 610 g/mol. The molecule has 44 heavy (non-hydrogen) atoms. The van der Waals surface area contributed by atoms with Crippen LogP contribution in [-0.4, -0.2) is 49.8 Å². The molecule has 0 bridgehead atoms. The number of carbonyl (C=O) groups excluding carboxylic acids is 2. The summed E-state index contributed by atoms with van der Waals surface area (Å²) in [6, 6.07) is 10.5. The molecule has 2 aromatic carbocycles. The predicted octanol–water partition coefficient (Wildman–Crippen LogP) is 4.96. The highest BCUT2D eigenvalue weighted by molar-refractivity contribution is 5.99. The van der Waals surface area contributed by atoms with Crippen LogP contribution in [0, 0.1) is 11.7 Å². The summed E-state index contributed by atoms with van der Waals surface area (Å²) in [6.07, 6.45) is 4.78. The van der Waals surface area contributed by atoms with Crippen molar-refractivity contribution in [1.29, 1.82) is 0 Å². The zero-order valence-electron chi connectivity index (χ0n) is 24.4. The smallest absolute Gasteiger partial charge is 0.331 e. The van der Waals surface area contributed by atoms with Crippen LogP contribution in [-0.2, 0) is 10.2 Å². The molecule has 3 aromatic rings. The van der Waals surface area contributed by atoms with Gasteiger partial charge < -0.3 is 26.3 Å². The lowest BCUT2D eigenvalue weighted by Gasteiger charge is -2.26. The molecule has 0 unspecified atom stereocenters. The normalized spacial score (nSPS) is 18.8. The lowest BCUT2D eigenvalue weighted by atomic mass is 9.80. The Kier molecular flexibility index (Phi) is 8.80. The standard InChI is InChI=1S/C32H34F3N5O4/c1-32(30(37)42)16-44-28-23(32)13-24(40-27(28)18-7-9-21(33)10-8-18)22(17-5-3-4-6-17)15-38-29(41)19-11-20(14-39-31(34)35)26(36)25(12-19)43-2/h7-14,17,22,31H,3-6,15-16,36H2,1-2H3,(H2,37,42)(H,38,41)/b39-14+/t22-,32-/m0/s1. The van der Waals surface area contributed by atoms with E-state index in [1.165, 1.54) is 31.4 Å². The first kappa shape index (κ1) is 30.8. The number of primary amides is 1. The number of aromatic nitrogens is 1. The van der Waals surface area contributed by atoms with Gasteiger partial charge in [0.25, 0.3) is 5.91 Å². The molecule has 2 heterocycles. The summed E-state index contributed by atoms with van der Waals surface area (Å²) < 4.78 is 50.5. The number of alkyl halides is 2. The topological polar surface area (TPSA) is 142 Å². The minimum absolute atomic E-state index is 0.0397. The summed E-state index contributed by atoms with van der Waals surface area (Å²) in [5.41, 5.74) is 13.4. The van der Waals surface area contributed by atoms with Gasteiger partial charge in [-0.25, -0.2) is 14.4 Å². The number of fused-ring (bicyclic) bond motifs is 1. The number of aliphatic imine (C=N–C) groups is 1. The number of benzene rings is 2. The number of nitrogens with zero attached hydrogens (tertiary/aromatic N) is 2. The highest BCUT2D eigenvalue weighted by atomic mass is 19.3. The van der Waals surface area contributed by atoms with Gasteiger partial charge in [-0.05, 0) is 68.1 Å². The molecule has 12 heteroatoms. The Morgan fingerprint density at radius 3 is 2.55 bits per heavy atom. The van der Waals surface area contributed by atoms with Gasteiger partial charge in [0.05, 0.1) is 12.8 Å². The first-order valence-corrected chi connectivity index (χ1v) is 14.3. The summed E-state index contributed by atoms with van der Waals surface area (Å²) in [4.78, 5) is 34.1. The van der Waals surface area contributed by atoms with Crippen molar-refractivity contribution in [2.45, 2.75) is 50.5 Å². The Morgan fingerprint density at radius 1 is 1.20 bits per heavy atom. The molecule has 9 nitrogen and oxygen atoms in total. The molecule has 1 aliphatic heterocycles. The van der Waals surface area contributed by atoms with Gasteiger partial charge in [-0.1, -0.05) is 12.8 Å². The number of rotatable bonds is 10. The fourth-order valence-electron chi connectivity index (χ4n) is 5.97. The lowest BCUT2D eigenvalue weighted by molar-refractivity contribution is -0.123. The predicted molar refractivity (Wildman–Crippen MR) is 160 cm³/mol. The molecule has 1 saturated carbocycles. The molecule has 232 valence electrons. The number of hydrogen-bond donors (Lipinski definition) is 3. The van der Waals surface area contributed by atoms with E-state index in [-0.39, 0.29) is 47.6 Å². The maximum Gasteiger partial charge on any atom is 0.331 e. The molecule has 1 aromatic heterocycles. The van der Waals surface area contributed by atoms with Gasteiger partial charge in [0.2, 0.25) is 5.91 Å². The first-order chi connectivity index (χ1) is 21.0. The second-order valence-corrected chi connectivity index (χ2v) is 11.4. The lowest BCUT2D eigenvalue weighted by Crippen LogP contribution is -2.40. The summed E-state index contributed by atoms with van der Waals surface area (Å²) in [5.74, 6) is -0.925. The summed E-state index contributed by atoms with van der Waals surface area (Å²) >= 11 is 0. The van der Waals surface area contributed by atoms with E-state index in [4.69, 9.17) is 25.9 Å². The largest absolute Gasteiger partial charge is 0.495 e. The van der Waals surface area contributed by atoms with E-state index in [9.17, 15) is 22.8 Å². The van der Waals surface area contributed by atoms with Crippen molar-refractivity contribution in [2.75, 3.05) is 26.0 Å². The van der Waals surface area contributed by atoms with Gasteiger partial charge >= 0.3 is 6.55 Å². The Labute approximate surface area is 252 Å². The number of amides is 2. The number of anilines is 1. The van der Waals surface area contributed by atoms with Crippen molar-refractivity contribution in [3.63, 3.8) is 0 Å². The Hall–Kier alpha value is -4.61. The van der Waals surface area contributed by atoms with E-state index in [2.05, 4.69) is 10.3 Å². The van der Waals surface area contributed by atoms with Crippen LogP contribution in [0.2, 0.25) is 0 Å². The second kappa shape index (κ2) is 12.6. The third-order valence-electron chi connectivity index (χ3n) is 8.57.